The summed E-state index contributed by atoms with van der Waals surface area (Å²) in [6.07, 6.45) is 2.43. The van der Waals surface area contributed by atoms with Crippen molar-refractivity contribution in [2.24, 2.45) is 0 Å². The van der Waals surface area contributed by atoms with E-state index in [9.17, 15) is 4.79 Å². The van der Waals surface area contributed by atoms with Crippen LogP contribution in [0.1, 0.15) is 0 Å². The summed E-state index contributed by atoms with van der Waals surface area (Å²) in [5, 5.41) is 3.47. The quantitative estimate of drug-likeness (QED) is 0.604. The first-order valence-electron chi connectivity index (χ1n) is 3.39. The molecule has 7 nitrogen and oxygen atoms in total. The molecule has 0 unspecified atom stereocenters. The van der Waals surface area contributed by atoms with Gasteiger partial charge in [-0.25, -0.2) is 4.98 Å². The summed E-state index contributed by atoms with van der Waals surface area (Å²) in [5.41, 5.74) is 4.94. The lowest BCUT2D eigenvalue weighted by Crippen LogP contribution is -2.13. The van der Waals surface area contributed by atoms with Gasteiger partial charge in [0.1, 0.15) is 5.82 Å². The summed E-state index contributed by atoms with van der Waals surface area (Å²) >= 11 is 0. The highest BCUT2D eigenvalue weighted by atomic mass is 16.5. The van der Waals surface area contributed by atoms with Crippen LogP contribution in [-0.2, 0) is 0 Å². The van der Waals surface area contributed by atoms with Gasteiger partial charge >= 0.3 is 0 Å². The molecule has 0 saturated heterocycles. The normalized spacial score (nSPS) is 10.2. The standard InChI is InChI=1S/C6H5N5O2/c7-3-1-8-4(6(12)10-3)5-9-2-13-11-5/h1-2H,(H3,7,10,12). The maximum absolute atomic E-state index is 11.2. The van der Waals surface area contributed by atoms with Gasteiger partial charge in [0.2, 0.25) is 12.2 Å². The van der Waals surface area contributed by atoms with Crippen molar-refractivity contribution >= 4 is 5.82 Å². The van der Waals surface area contributed by atoms with E-state index in [2.05, 4.69) is 24.6 Å². The Kier molecular flexibility index (Phi) is 1.55. The second kappa shape index (κ2) is 2.70. The molecule has 2 rings (SSSR count). The smallest absolute Gasteiger partial charge is 0.279 e. The third-order valence-corrected chi connectivity index (χ3v) is 1.38. The number of anilines is 1. The van der Waals surface area contributed by atoms with Crippen LogP contribution in [0.15, 0.2) is 21.9 Å². The summed E-state index contributed by atoms with van der Waals surface area (Å²) in [5.74, 6) is 0.332. The number of hydrogen-bond acceptors (Lipinski definition) is 6. The summed E-state index contributed by atoms with van der Waals surface area (Å²) in [4.78, 5) is 21.0. The Morgan fingerprint density at radius 1 is 1.46 bits per heavy atom. The summed E-state index contributed by atoms with van der Waals surface area (Å²) in [7, 11) is 0. The fourth-order valence-corrected chi connectivity index (χ4v) is 0.850. The molecule has 0 bridgehead atoms. The third kappa shape index (κ3) is 1.26. The fourth-order valence-electron chi connectivity index (χ4n) is 0.850. The number of nitrogens with two attached hydrogens (primary N) is 1. The Labute approximate surface area is 71.6 Å². The van der Waals surface area contributed by atoms with Crippen molar-refractivity contribution in [2.75, 3.05) is 5.73 Å². The Balaban J connectivity index is 2.60. The number of nitrogen functional groups attached to an aromatic ring is 1. The van der Waals surface area contributed by atoms with Crippen molar-refractivity contribution in [1.29, 1.82) is 0 Å². The van der Waals surface area contributed by atoms with Gasteiger partial charge in [0.05, 0.1) is 6.20 Å². The zero-order chi connectivity index (χ0) is 9.26. The Bertz CT molecular complexity index is 460. The molecule has 0 aliphatic rings. The minimum absolute atomic E-state index is 0.0861. The Morgan fingerprint density at radius 3 is 2.92 bits per heavy atom. The zero-order valence-corrected chi connectivity index (χ0v) is 6.39. The van der Waals surface area contributed by atoms with E-state index >= 15 is 0 Å². The lowest BCUT2D eigenvalue weighted by atomic mass is 10.4. The fraction of sp³-hybridized carbons (Fsp3) is 0. The van der Waals surface area contributed by atoms with E-state index in [-0.39, 0.29) is 17.3 Å². The Morgan fingerprint density at radius 2 is 2.31 bits per heavy atom. The first-order valence-corrected chi connectivity index (χ1v) is 3.39. The molecule has 66 valence electrons. The van der Waals surface area contributed by atoms with Crippen LogP contribution >= 0.6 is 0 Å². The van der Waals surface area contributed by atoms with Gasteiger partial charge in [-0.05, 0) is 0 Å². The number of hydrogen-bond donors (Lipinski definition) is 2. The van der Waals surface area contributed by atoms with Crippen LogP contribution in [0.4, 0.5) is 5.82 Å². The number of nitrogens with zero attached hydrogens (tertiary/aromatic N) is 3. The van der Waals surface area contributed by atoms with E-state index in [4.69, 9.17) is 5.73 Å². The average Bonchev–Trinajstić information content (AvgIpc) is 2.56. The van der Waals surface area contributed by atoms with E-state index in [1.54, 1.807) is 0 Å². The van der Waals surface area contributed by atoms with Gasteiger partial charge in [0, 0.05) is 0 Å². The van der Waals surface area contributed by atoms with Crippen molar-refractivity contribution in [2.45, 2.75) is 0 Å². The molecular formula is C6H5N5O2. The van der Waals surface area contributed by atoms with Crippen LogP contribution < -0.4 is 11.3 Å². The van der Waals surface area contributed by atoms with Crippen LogP contribution in [0.5, 0.6) is 0 Å². The highest BCUT2D eigenvalue weighted by Gasteiger charge is 2.09. The number of aromatic amines is 1. The van der Waals surface area contributed by atoms with Gasteiger partial charge in [-0.3, -0.25) is 4.79 Å². The van der Waals surface area contributed by atoms with Crippen molar-refractivity contribution in [1.82, 2.24) is 20.1 Å². The monoisotopic (exact) mass is 179 g/mol. The van der Waals surface area contributed by atoms with Crippen molar-refractivity contribution in [3.63, 3.8) is 0 Å². The molecule has 0 aliphatic carbocycles. The van der Waals surface area contributed by atoms with E-state index in [1.165, 1.54) is 6.20 Å². The second-order valence-corrected chi connectivity index (χ2v) is 2.27. The minimum Gasteiger partial charge on any atom is -0.384 e. The van der Waals surface area contributed by atoms with Crippen LogP contribution in [0.2, 0.25) is 0 Å². The Hall–Kier alpha value is -2.18. The van der Waals surface area contributed by atoms with Crippen molar-refractivity contribution in [3.05, 3.63) is 22.9 Å². The molecule has 0 aliphatic heterocycles. The molecule has 0 saturated carbocycles. The first kappa shape index (κ1) is 7.47. The maximum atomic E-state index is 11.2. The molecule has 0 atom stereocenters. The molecule has 2 heterocycles. The molecule has 0 fully saturated rings. The van der Waals surface area contributed by atoms with Crippen LogP contribution in [0.25, 0.3) is 11.5 Å². The largest absolute Gasteiger partial charge is 0.384 e. The first-order chi connectivity index (χ1) is 6.27. The molecule has 0 spiro atoms. The highest BCUT2D eigenvalue weighted by Crippen LogP contribution is 2.04. The SMILES string of the molecule is Nc1cnc(-c2ncon2)c(=O)[nH]1. The molecule has 0 radical (unpaired) electrons. The number of rotatable bonds is 1. The minimum atomic E-state index is -0.443. The van der Waals surface area contributed by atoms with Crippen molar-refractivity contribution in [3.8, 4) is 11.5 Å². The number of aromatic nitrogens is 4. The molecular weight excluding hydrogens is 174 g/mol. The topological polar surface area (TPSA) is 111 Å². The van der Waals surface area contributed by atoms with Crippen LogP contribution in [0, 0.1) is 0 Å². The van der Waals surface area contributed by atoms with E-state index in [0.29, 0.717) is 0 Å². The third-order valence-electron chi connectivity index (χ3n) is 1.38. The molecule has 2 aromatic heterocycles. The van der Waals surface area contributed by atoms with Gasteiger partial charge in [-0.15, -0.1) is 0 Å². The average molecular weight is 179 g/mol. The lowest BCUT2D eigenvalue weighted by Gasteiger charge is -1.93. The van der Waals surface area contributed by atoms with E-state index < -0.39 is 5.56 Å². The number of nitrogens with one attached hydrogen (secondary N) is 1. The van der Waals surface area contributed by atoms with Gasteiger partial charge in [0.25, 0.3) is 5.56 Å². The molecule has 3 N–H and O–H groups in total. The highest BCUT2D eigenvalue weighted by molar-refractivity contribution is 5.46. The van der Waals surface area contributed by atoms with Gasteiger partial charge in [-0.1, -0.05) is 5.16 Å². The molecule has 2 aromatic rings. The summed E-state index contributed by atoms with van der Waals surface area (Å²) in [6, 6.07) is 0. The molecule has 0 amide bonds. The van der Waals surface area contributed by atoms with Gasteiger partial charge < -0.3 is 15.2 Å². The van der Waals surface area contributed by atoms with Gasteiger partial charge in [0.15, 0.2) is 5.69 Å². The lowest BCUT2D eigenvalue weighted by molar-refractivity contribution is 0.418. The van der Waals surface area contributed by atoms with Crippen LogP contribution in [-0.4, -0.2) is 20.1 Å². The summed E-state index contributed by atoms with van der Waals surface area (Å²) < 4.78 is 4.47. The predicted octanol–water partition coefficient (Wildman–Crippen LogP) is -0.598. The second-order valence-electron chi connectivity index (χ2n) is 2.27. The van der Waals surface area contributed by atoms with Gasteiger partial charge in [-0.2, -0.15) is 4.98 Å². The molecule has 0 aromatic carbocycles. The predicted molar refractivity (Wildman–Crippen MR) is 42.6 cm³/mol. The number of H-pyrrole nitrogens is 1. The molecule has 13 heavy (non-hydrogen) atoms. The molecule has 7 heteroatoms. The zero-order valence-electron chi connectivity index (χ0n) is 6.39. The maximum Gasteiger partial charge on any atom is 0.279 e. The summed E-state index contributed by atoms with van der Waals surface area (Å²) in [6.45, 7) is 0. The van der Waals surface area contributed by atoms with Crippen LogP contribution in [0.3, 0.4) is 0 Å². The van der Waals surface area contributed by atoms with E-state index in [0.717, 1.165) is 6.39 Å². The van der Waals surface area contributed by atoms with Crippen molar-refractivity contribution < 1.29 is 4.52 Å². The van der Waals surface area contributed by atoms with E-state index in [1.807, 2.05) is 0 Å².